The van der Waals surface area contributed by atoms with Gasteiger partial charge in [-0.1, -0.05) is 89.8 Å². The largest absolute Gasteiger partial charge is 0.309 e. The molecule has 0 aliphatic rings. The first kappa shape index (κ1) is 33.5. The van der Waals surface area contributed by atoms with E-state index in [4.69, 9.17) is 54.2 Å². The number of nitrogens with zero attached hydrogens (tertiary/aromatic N) is 4. The van der Waals surface area contributed by atoms with Crippen molar-refractivity contribution in [3.63, 3.8) is 0 Å². The average molecular weight is 706 g/mol. The van der Waals surface area contributed by atoms with Gasteiger partial charge in [-0.15, -0.1) is 27.7 Å². The summed E-state index contributed by atoms with van der Waals surface area (Å²) in [7, 11) is 31.6. The lowest BCUT2D eigenvalue weighted by Gasteiger charge is -2.20. The monoisotopic (exact) mass is 706 g/mol. The molecular weight excluding hydrogens is 683 g/mol. The average Bonchev–Trinajstić information content (AvgIpc) is 3.77. The number of thiophene rings is 1. The normalized spacial score (nSPS) is 11.6. The summed E-state index contributed by atoms with van der Waals surface area (Å²) in [6.07, 6.45) is 0. The minimum Gasteiger partial charge on any atom is -0.309 e. The Labute approximate surface area is 328 Å². The van der Waals surface area contributed by atoms with Crippen molar-refractivity contribution in [2.75, 3.05) is 0 Å². The molecule has 0 fully saturated rings. The Morgan fingerprint density at radius 3 is 1.56 bits per heavy atom. The Bertz CT molecular complexity index is 3130. The highest BCUT2D eigenvalue weighted by Crippen LogP contribution is 2.40. The van der Waals surface area contributed by atoms with Gasteiger partial charge in [-0.25, -0.2) is 15.0 Å². The number of hydrogen-bond donors (Lipinski definition) is 0. The van der Waals surface area contributed by atoms with Crippen molar-refractivity contribution in [2.24, 2.45) is 0 Å². The SMILES string of the molecule is [B]c1c([B])c([B])c(-c2nc(-c3ccccc3)nc(-c3ccc4sc5ccc(-c6ccc7c(c6)c6ccccc6n7-c6ccccc6)cc5c4c3)n2)c([B])c1[B]. The first-order valence-corrected chi connectivity index (χ1v) is 18.5. The van der Waals surface area contributed by atoms with Crippen LogP contribution >= 0.6 is 11.3 Å². The zero-order valence-corrected chi connectivity index (χ0v) is 30.2. The third kappa shape index (κ3) is 5.46. The molecule has 10 heteroatoms. The van der Waals surface area contributed by atoms with Gasteiger partial charge in [0.25, 0.3) is 0 Å². The molecular formula is C45H23B5N4S. The Hall–Kier alpha value is -6.11. The molecule has 0 N–H and O–H groups in total. The summed E-state index contributed by atoms with van der Waals surface area (Å²) in [6, 6.07) is 48.5. The predicted octanol–water partition coefficient (Wildman–Crippen LogP) is 5.97. The van der Waals surface area contributed by atoms with E-state index in [1.165, 1.54) is 26.5 Å². The van der Waals surface area contributed by atoms with Crippen LogP contribution in [0.5, 0.6) is 0 Å². The van der Waals surface area contributed by atoms with Crippen LogP contribution in [0.25, 0.3) is 93.0 Å². The lowest BCUT2D eigenvalue weighted by Crippen LogP contribution is -2.55. The molecule has 3 aromatic heterocycles. The molecule has 0 saturated heterocycles. The second-order valence-corrected chi connectivity index (χ2v) is 14.6. The second kappa shape index (κ2) is 13.0. The van der Waals surface area contributed by atoms with Crippen molar-refractivity contribution in [2.45, 2.75) is 0 Å². The van der Waals surface area contributed by atoms with E-state index >= 15 is 0 Å². The van der Waals surface area contributed by atoms with Crippen molar-refractivity contribution in [3.05, 3.63) is 140 Å². The van der Waals surface area contributed by atoms with Crippen LogP contribution in [0.3, 0.4) is 0 Å². The first-order chi connectivity index (χ1) is 26.8. The molecule has 0 atom stereocenters. The summed E-state index contributed by atoms with van der Waals surface area (Å²) in [5.74, 6) is 1.16. The van der Waals surface area contributed by atoms with Gasteiger partial charge in [0.2, 0.25) is 0 Å². The minimum atomic E-state index is 0.129. The fraction of sp³-hybridized carbons (Fsp3) is 0. The maximum absolute atomic E-state index is 6.49. The molecule has 7 aromatic carbocycles. The molecule has 0 aliphatic heterocycles. The number of rotatable bonds is 5. The summed E-state index contributed by atoms with van der Waals surface area (Å²) in [4.78, 5) is 14.7. The highest BCUT2D eigenvalue weighted by Gasteiger charge is 2.19. The Morgan fingerprint density at radius 1 is 0.382 bits per heavy atom. The van der Waals surface area contributed by atoms with Crippen LogP contribution in [-0.4, -0.2) is 58.8 Å². The lowest BCUT2D eigenvalue weighted by molar-refractivity contribution is 1.08. The summed E-state index contributed by atoms with van der Waals surface area (Å²) in [5, 5.41) is 4.68. The topological polar surface area (TPSA) is 43.6 Å². The zero-order chi connectivity index (χ0) is 37.4. The van der Waals surface area contributed by atoms with Crippen molar-refractivity contribution in [1.29, 1.82) is 0 Å². The van der Waals surface area contributed by atoms with Crippen molar-refractivity contribution in [1.82, 2.24) is 19.5 Å². The first-order valence-electron chi connectivity index (χ1n) is 17.7. The molecule has 0 bridgehead atoms. The van der Waals surface area contributed by atoms with E-state index in [-0.39, 0.29) is 33.1 Å². The maximum atomic E-state index is 6.49. The number of benzene rings is 7. The molecule has 3 heterocycles. The van der Waals surface area contributed by atoms with Gasteiger partial charge in [0.05, 0.1) is 11.0 Å². The van der Waals surface area contributed by atoms with Crippen LogP contribution in [0.15, 0.2) is 140 Å². The van der Waals surface area contributed by atoms with Gasteiger partial charge in [0.1, 0.15) is 39.2 Å². The third-order valence-corrected chi connectivity index (χ3v) is 11.5. The van der Waals surface area contributed by atoms with E-state index in [1.54, 1.807) is 11.3 Å². The van der Waals surface area contributed by atoms with Gasteiger partial charge in [-0.2, -0.15) is 0 Å². The van der Waals surface area contributed by atoms with Gasteiger partial charge in [0, 0.05) is 53.3 Å². The molecule has 10 rings (SSSR count). The van der Waals surface area contributed by atoms with E-state index < -0.39 is 0 Å². The second-order valence-electron chi connectivity index (χ2n) is 13.6. The molecule has 0 amide bonds. The fourth-order valence-electron chi connectivity index (χ4n) is 7.53. The molecule has 10 aromatic rings. The smallest absolute Gasteiger partial charge is 0.164 e. The van der Waals surface area contributed by atoms with Crippen molar-refractivity contribution < 1.29 is 0 Å². The lowest BCUT2D eigenvalue weighted by atomic mass is 9.60. The van der Waals surface area contributed by atoms with Crippen LogP contribution in [0.2, 0.25) is 0 Å². The van der Waals surface area contributed by atoms with Gasteiger partial charge in [-0.05, 0) is 71.8 Å². The van der Waals surface area contributed by atoms with E-state index in [2.05, 4.69) is 102 Å². The number of aromatic nitrogens is 4. The molecule has 4 nitrogen and oxygen atoms in total. The van der Waals surface area contributed by atoms with Crippen LogP contribution < -0.4 is 27.3 Å². The molecule has 0 aliphatic carbocycles. The summed E-state index contributed by atoms with van der Waals surface area (Å²) < 4.78 is 4.68. The predicted molar refractivity (Wildman–Crippen MR) is 236 cm³/mol. The van der Waals surface area contributed by atoms with Gasteiger partial charge >= 0.3 is 0 Å². The Balaban J connectivity index is 1.13. The minimum absolute atomic E-state index is 0.129. The maximum Gasteiger partial charge on any atom is 0.164 e. The Kier molecular flexibility index (Phi) is 7.93. The molecule has 0 unspecified atom stereocenters. The Morgan fingerprint density at radius 2 is 0.873 bits per heavy atom. The van der Waals surface area contributed by atoms with Crippen LogP contribution in [0.4, 0.5) is 0 Å². The summed E-state index contributed by atoms with van der Waals surface area (Å²) in [6.45, 7) is 0. The number of para-hydroxylation sites is 2. The summed E-state index contributed by atoms with van der Waals surface area (Å²) in [5.41, 5.74) is 8.41. The summed E-state index contributed by atoms with van der Waals surface area (Å²) >= 11 is 1.75. The standard InChI is InChI=1S/C45H23B5N4S/c46-38-37(39(47)41(49)42(50)40(38)48)45-52-43(24-9-3-1-4-10-24)51-44(53-45)27-17-20-36-32(23-27)31-22-26(16-19-35(31)55-36)25-15-18-34-30(21-25)29-13-7-8-14-33(29)54(34)28-11-5-2-6-12-28/h1-23H. The molecule has 10 radical (unpaired) electrons. The van der Waals surface area contributed by atoms with E-state index in [0.29, 0.717) is 17.2 Å². The van der Waals surface area contributed by atoms with E-state index in [9.17, 15) is 0 Å². The van der Waals surface area contributed by atoms with Crippen LogP contribution in [0.1, 0.15) is 0 Å². The fourth-order valence-corrected chi connectivity index (χ4v) is 8.59. The van der Waals surface area contributed by atoms with Crippen LogP contribution in [0, 0.1) is 0 Å². The van der Waals surface area contributed by atoms with E-state index in [1.807, 2.05) is 42.5 Å². The van der Waals surface area contributed by atoms with Gasteiger partial charge in [-0.3, -0.25) is 0 Å². The zero-order valence-electron chi connectivity index (χ0n) is 29.4. The van der Waals surface area contributed by atoms with Gasteiger partial charge < -0.3 is 4.57 Å². The molecule has 0 spiro atoms. The molecule has 244 valence electrons. The molecule has 0 saturated carbocycles. The molecule has 55 heavy (non-hydrogen) atoms. The van der Waals surface area contributed by atoms with E-state index in [0.717, 1.165) is 43.4 Å². The number of fused-ring (bicyclic) bond motifs is 6. The third-order valence-electron chi connectivity index (χ3n) is 10.3. The van der Waals surface area contributed by atoms with Crippen molar-refractivity contribution >= 4 is 120 Å². The van der Waals surface area contributed by atoms with Crippen molar-refractivity contribution in [3.8, 4) is 51.0 Å². The highest BCUT2D eigenvalue weighted by molar-refractivity contribution is 7.25. The number of hydrogen-bond acceptors (Lipinski definition) is 4. The van der Waals surface area contributed by atoms with Gasteiger partial charge in [0.15, 0.2) is 17.5 Å². The quantitative estimate of drug-likeness (QED) is 0.207. The highest BCUT2D eigenvalue weighted by atomic mass is 32.1. The van der Waals surface area contributed by atoms with Crippen LogP contribution in [-0.2, 0) is 0 Å².